The van der Waals surface area contributed by atoms with Gasteiger partial charge < -0.3 is 19.4 Å². The van der Waals surface area contributed by atoms with Gasteiger partial charge in [-0.1, -0.05) is 18.2 Å². The Morgan fingerprint density at radius 3 is 2.58 bits per heavy atom. The lowest BCUT2D eigenvalue weighted by molar-refractivity contribution is -0.384. The molecule has 1 aliphatic rings. The van der Waals surface area contributed by atoms with Crippen LogP contribution in [0, 0.1) is 10.1 Å². The number of aromatic nitrogens is 1. The van der Waals surface area contributed by atoms with Gasteiger partial charge in [0.25, 0.3) is 5.69 Å². The average molecular weight is 501 g/mol. The molecule has 2 unspecified atom stereocenters. The third-order valence-corrected chi connectivity index (χ3v) is 6.16. The standard InChI is InChI=1S/C27H24N4O4S/c1-17(2)34-21-11-9-19(10-12-21)30-26(25(29-27(30)36)22-8-3-4-15-28-22)24-14-13-23(35-24)18-6-5-7-20(16-18)31(32)33/h3-17,25-26H,1-2H3,(H,29,36). The third kappa shape index (κ3) is 4.65. The number of benzene rings is 2. The molecule has 1 aliphatic heterocycles. The van der Waals surface area contributed by atoms with E-state index in [1.54, 1.807) is 18.3 Å². The van der Waals surface area contributed by atoms with Gasteiger partial charge in [-0.2, -0.15) is 0 Å². The zero-order valence-electron chi connectivity index (χ0n) is 19.7. The van der Waals surface area contributed by atoms with E-state index in [0.29, 0.717) is 22.2 Å². The quantitative estimate of drug-likeness (QED) is 0.182. The van der Waals surface area contributed by atoms with Crippen molar-refractivity contribution < 1.29 is 14.1 Å². The Morgan fingerprint density at radius 1 is 1.08 bits per heavy atom. The molecule has 8 nitrogen and oxygen atoms in total. The first kappa shape index (κ1) is 23.5. The minimum Gasteiger partial charge on any atom is -0.491 e. The topological polar surface area (TPSA) is 93.7 Å². The van der Waals surface area contributed by atoms with E-state index >= 15 is 0 Å². The van der Waals surface area contributed by atoms with Gasteiger partial charge in [0.1, 0.15) is 23.3 Å². The maximum absolute atomic E-state index is 11.2. The van der Waals surface area contributed by atoms with Crippen molar-refractivity contribution in [3.63, 3.8) is 0 Å². The van der Waals surface area contributed by atoms with Crippen LogP contribution in [0.3, 0.4) is 0 Å². The number of pyridine rings is 1. The Morgan fingerprint density at radius 2 is 1.89 bits per heavy atom. The number of anilines is 1. The van der Waals surface area contributed by atoms with Crippen LogP contribution in [0.4, 0.5) is 11.4 Å². The van der Waals surface area contributed by atoms with Crippen molar-refractivity contribution in [2.45, 2.75) is 32.0 Å². The van der Waals surface area contributed by atoms with Gasteiger partial charge in [-0.25, -0.2) is 0 Å². The molecule has 0 saturated carbocycles. The lowest BCUT2D eigenvalue weighted by Crippen LogP contribution is -2.29. The Balaban J connectivity index is 1.55. The first-order valence-corrected chi connectivity index (χ1v) is 11.9. The Bertz CT molecular complexity index is 1390. The molecule has 0 amide bonds. The number of furan rings is 1. The van der Waals surface area contributed by atoms with Crippen LogP contribution >= 0.6 is 12.2 Å². The number of hydrogen-bond donors (Lipinski definition) is 1. The number of nitro groups is 1. The summed E-state index contributed by atoms with van der Waals surface area (Å²) in [4.78, 5) is 17.4. The second-order valence-electron chi connectivity index (χ2n) is 8.67. The molecule has 1 N–H and O–H groups in total. The summed E-state index contributed by atoms with van der Waals surface area (Å²) in [6, 6.07) is 23.0. The molecule has 9 heteroatoms. The summed E-state index contributed by atoms with van der Waals surface area (Å²) in [7, 11) is 0. The number of ether oxygens (including phenoxy) is 1. The van der Waals surface area contributed by atoms with Gasteiger partial charge in [-0.05, 0) is 74.6 Å². The van der Waals surface area contributed by atoms with Crippen LogP contribution in [0.25, 0.3) is 11.3 Å². The van der Waals surface area contributed by atoms with Gasteiger partial charge in [0.05, 0.1) is 22.8 Å². The van der Waals surface area contributed by atoms with Crippen molar-refractivity contribution in [2.24, 2.45) is 0 Å². The molecule has 0 spiro atoms. The summed E-state index contributed by atoms with van der Waals surface area (Å²) < 4.78 is 12.1. The van der Waals surface area contributed by atoms with Gasteiger partial charge in [0.15, 0.2) is 5.11 Å². The van der Waals surface area contributed by atoms with Crippen molar-refractivity contribution in [1.29, 1.82) is 0 Å². The summed E-state index contributed by atoms with van der Waals surface area (Å²) in [5.74, 6) is 1.96. The number of rotatable bonds is 7. The van der Waals surface area contributed by atoms with Crippen molar-refractivity contribution in [3.8, 4) is 17.1 Å². The Hall–Kier alpha value is -4.24. The highest BCUT2D eigenvalue weighted by atomic mass is 32.1. The highest BCUT2D eigenvalue weighted by Crippen LogP contribution is 2.43. The van der Waals surface area contributed by atoms with Gasteiger partial charge in [0, 0.05) is 29.6 Å². The minimum absolute atomic E-state index is 0.00542. The highest BCUT2D eigenvalue weighted by molar-refractivity contribution is 7.80. The second-order valence-corrected chi connectivity index (χ2v) is 9.05. The average Bonchev–Trinajstić information content (AvgIpc) is 3.49. The molecule has 0 aliphatic carbocycles. The first-order valence-electron chi connectivity index (χ1n) is 11.5. The number of nitrogens with one attached hydrogen (secondary N) is 1. The largest absolute Gasteiger partial charge is 0.491 e. The summed E-state index contributed by atoms with van der Waals surface area (Å²) in [5.41, 5.74) is 2.33. The number of nitrogens with zero attached hydrogens (tertiary/aromatic N) is 3. The van der Waals surface area contributed by atoms with Gasteiger partial charge in [0.2, 0.25) is 0 Å². The molecular weight excluding hydrogens is 476 g/mol. The second kappa shape index (κ2) is 9.79. The summed E-state index contributed by atoms with van der Waals surface area (Å²) in [6.45, 7) is 3.97. The SMILES string of the molecule is CC(C)Oc1ccc(N2C(=S)NC(c3ccccn3)C2c2ccc(-c3cccc([N+](=O)[O-])c3)o2)cc1. The van der Waals surface area contributed by atoms with Gasteiger partial charge >= 0.3 is 0 Å². The molecule has 36 heavy (non-hydrogen) atoms. The predicted molar refractivity (Wildman–Crippen MR) is 141 cm³/mol. The van der Waals surface area contributed by atoms with Gasteiger partial charge in [-0.15, -0.1) is 0 Å². The van der Waals surface area contributed by atoms with Crippen molar-refractivity contribution in [3.05, 3.63) is 107 Å². The highest BCUT2D eigenvalue weighted by Gasteiger charge is 2.42. The van der Waals surface area contributed by atoms with E-state index in [0.717, 1.165) is 17.1 Å². The van der Waals surface area contributed by atoms with Crippen LogP contribution in [0.5, 0.6) is 5.75 Å². The van der Waals surface area contributed by atoms with Crippen LogP contribution in [0.2, 0.25) is 0 Å². The van der Waals surface area contributed by atoms with Crippen LogP contribution in [0.15, 0.2) is 89.5 Å². The molecule has 0 radical (unpaired) electrons. The first-order chi connectivity index (χ1) is 17.4. The molecular formula is C27H24N4O4S. The lowest BCUT2D eigenvalue weighted by atomic mass is 10.0. The van der Waals surface area contributed by atoms with Crippen LogP contribution in [-0.2, 0) is 0 Å². The van der Waals surface area contributed by atoms with E-state index in [9.17, 15) is 10.1 Å². The number of hydrogen-bond acceptors (Lipinski definition) is 6. The molecule has 1 fully saturated rings. The van der Waals surface area contributed by atoms with E-state index < -0.39 is 4.92 Å². The van der Waals surface area contributed by atoms with Crippen LogP contribution in [0.1, 0.15) is 37.4 Å². The zero-order valence-corrected chi connectivity index (χ0v) is 20.5. The summed E-state index contributed by atoms with van der Waals surface area (Å²) in [6.07, 6.45) is 1.82. The van der Waals surface area contributed by atoms with Crippen molar-refractivity contribution in [1.82, 2.24) is 10.3 Å². The van der Waals surface area contributed by atoms with E-state index in [4.69, 9.17) is 21.4 Å². The molecule has 3 heterocycles. The van der Waals surface area contributed by atoms with E-state index in [2.05, 4.69) is 10.3 Å². The maximum Gasteiger partial charge on any atom is 0.270 e. The summed E-state index contributed by atoms with van der Waals surface area (Å²) >= 11 is 5.76. The van der Waals surface area contributed by atoms with Crippen LogP contribution in [-0.4, -0.2) is 21.1 Å². The molecule has 5 rings (SSSR count). The number of nitro benzene ring substituents is 1. The molecule has 0 bridgehead atoms. The molecule has 2 atom stereocenters. The monoisotopic (exact) mass is 500 g/mol. The van der Waals surface area contributed by atoms with Gasteiger partial charge in [-0.3, -0.25) is 15.1 Å². The van der Waals surface area contributed by atoms with E-state index in [1.807, 2.05) is 73.3 Å². The molecule has 4 aromatic rings. The number of thiocarbonyl (C=S) groups is 1. The third-order valence-electron chi connectivity index (χ3n) is 5.84. The van der Waals surface area contributed by atoms with Crippen molar-refractivity contribution >= 4 is 28.7 Å². The van der Waals surface area contributed by atoms with Crippen LogP contribution < -0.4 is 15.0 Å². The number of non-ortho nitro benzene ring substituents is 1. The van der Waals surface area contributed by atoms with E-state index in [1.165, 1.54) is 12.1 Å². The fourth-order valence-corrected chi connectivity index (χ4v) is 4.66. The lowest BCUT2D eigenvalue weighted by Gasteiger charge is -2.26. The molecule has 1 saturated heterocycles. The Labute approximate surface area is 213 Å². The molecule has 182 valence electrons. The summed E-state index contributed by atoms with van der Waals surface area (Å²) in [5, 5.41) is 15.2. The molecule has 2 aromatic heterocycles. The fraction of sp³-hybridized carbons (Fsp3) is 0.185. The molecule has 2 aromatic carbocycles. The van der Waals surface area contributed by atoms with E-state index in [-0.39, 0.29) is 23.9 Å². The normalized spacial score (nSPS) is 17.3. The van der Waals surface area contributed by atoms with Crippen molar-refractivity contribution in [2.75, 3.05) is 4.90 Å². The fourth-order valence-electron chi connectivity index (χ4n) is 4.32. The smallest absolute Gasteiger partial charge is 0.270 e. The Kier molecular flexibility index (Phi) is 6.39. The zero-order chi connectivity index (χ0) is 25.2. The maximum atomic E-state index is 11.2. The minimum atomic E-state index is -0.418. The predicted octanol–water partition coefficient (Wildman–Crippen LogP) is 6.21.